The summed E-state index contributed by atoms with van der Waals surface area (Å²) in [5.74, 6) is -0.0351. The molecular formula is C7H14N2O2. The van der Waals surface area contributed by atoms with Crippen LogP contribution in [0, 0.1) is 0 Å². The summed E-state index contributed by atoms with van der Waals surface area (Å²) in [4.78, 5) is 20.9. The molecule has 0 aliphatic rings. The Labute approximate surface area is 66.4 Å². The first-order valence-electron chi connectivity index (χ1n) is 3.57. The van der Waals surface area contributed by atoms with Crippen LogP contribution in [-0.4, -0.2) is 32.3 Å². The van der Waals surface area contributed by atoms with E-state index in [9.17, 15) is 9.59 Å². The molecule has 4 nitrogen and oxygen atoms in total. The van der Waals surface area contributed by atoms with Gasteiger partial charge in [-0.3, -0.25) is 4.79 Å². The van der Waals surface area contributed by atoms with Crippen LogP contribution < -0.4 is 10.6 Å². The third-order valence-corrected chi connectivity index (χ3v) is 1.50. The third kappa shape index (κ3) is 4.50. The number of carbonyl (C=O) groups is 2. The fourth-order valence-corrected chi connectivity index (χ4v) is 0.692. The third-order valence-electron chi connectivity index (χ3n) is 1.50. The van der Waals surface area contributed by atoms with Crippen LogP contribution in [0.4, 0.5) is 0 Å². The van der Waals surface area contributed by atoms with Crippen molar-refractivity contribution in [3.63, 3.8) is 0 Å². The molecule has 2 N–H and O–H groups in total. The van der Waals surface area contributed by atoms with Crippen LogP contribution in [0.15, 0.2) is 0 Å². The Balaban J connectivity index is 3.50. The summed E-state index contributed by atoms with van der Waals surface area (Å²) in [6.45, 7) is 0. The Morgan fingerprint density at radius 3 is 2.55 bits per heavy atom. The van der Waals surface area contributed by atoms with Gasteiger partial charge in [-0.25, -0.2) is 0 Å². The average molecular weight is 158 g/mol. The first-order chi connectivity index (χ1) is 5.24. The monoisotopic (exact) mass is 158 g/mol. The SMILES string of the molecule is CNC(=O)CCC(C=O)NC. The molecule has 1 unspecified atom stereocenters. The topological polar surface area (TPSA) is 58.2 Å². The summed E-state index contributed by atoms with van der Waals surface area (Å²) in [6.07, 6.45) is 1.75. The summed E-state index contributed by atoms with van der Waals surface area (Å²) in [7, 11) is 3.28. The molecule has 0 aromatic rings. The largest absolute Gasteiger partial charge is 0.359 e. The zero-order valence-electron chi connectivity index (χ0n) is 6.89. The van der Waals surface area contributed by atoms with E-state index in [4.69, 9.17) is 0 Å². The molecule has 0 bridgehead atoms. The molecule has 4 heteroatoms. The maximum Gasteiger partial charge on any atom is 0.219 e. The fraction of sp³-hybridized carbons (Fsp3) is 0.714. The Bertz CT molecular complexity index is 136. The highest BCUT2D eigenvalue weighted by Crippen LogP contribution is 1.92. The number of carbonyl (C=O) groups excluding carboxylic acids is 2. The van der Waals surface area contributed by atoms with Gasteiger partial charge in [0.1, 0.15) is 6.29 Å². The van der Waals surface area contributed by atoms with E-state index in [1.807, 2.05) is 0 Å². The number of rotatable bonds is 5. The lowest BCUT2D eigenvalue weighted by atomic mass is 10.2. The number of aldehydes is 1. The summed E-state index contributed by atoms with van der Waals surface area (Å²) in [5.41, 5.74) is 0. The molecule has 0 radical (unpaired) electrons. The lowest BCUT2D eigenvalue weighted by molar-refractivity contribution is -0.120. The van der Waals surface area contributed by atoms with E-state index in [-0.39, 0.29) is 11.9 Å². The molecule has 0 aliphatic carbocycles. The van der Waals surface area contributed by atoms with Gasteiger partial charge in [0.05, 0.1) is 6.04 Å². The molecule has 0 saturated heterocycles. The number of hydrogen-bond acceptors (Lipinski definition) is 3. The number of hydrogen-bond donors (Lipinski definition) is 2. The molecule has 0 aliphatic heterocycles. The molecule has 0 spiro atoms. The van der Waals surface area contributed by atoms with Crippen LogP contribution in [0.5, 0.6) is 0 Å². The van der Waals surface area contributed by atoms with Gasteiger partial charge in [0.15, 0.2) is 0 Å². The van der Waals surface area contributed by atoms with E-state index in [2.05, 4.69) is 10.6 Å². The molecular weight excluding hydrogens is 144 g/mol. The second-order valence-electron chi connectivity index (χ2n) is 2.24. The normalized spacial score (nSPS) is 12.2. The van der Waals surface area contributed by atoms with Crippen molar-refractivity contribution in [1.82, 2.24) is 10.6 Å². The highest BCUT2D eigenvalue weighted by molar-refractivity contribution is 5.76. The van der Waals surface area contributed by atoms with Gasteiger partial charge in [0.2, 0.25) is 5.91 Å². The van der Waals surface area contributed by atoms with E-state index >= 15 is 0 Å². The lowest BCUT2D eigenvalue weighted by Crippen LogP contribution is -2.29. The van der Waals surface area contributed by atoms with Crippen molar-refractivity contribution < 1.29 is 9.59 Å². The predicted octanol–water partition coefficient (Wildman–Crippen LogP) is -0.701. The molecule has 64 valence electrons. The molecule has 0 aromatic heterocycles. The first kappa shape index (κ1) is 10.1. The summed E-state index contributed by atoms with van der Waals surface area (Å²) < 4.78 is 0. The molecule has 11 heavy (non-hydrogen) atoms. The van der Waals surface area contributed by atoms with Gasteiger partial charge in [0, 0.05) is 13.5 Å². The maximum absolute atomic E-state index is 10.7. The molecule has 0 heterocycles. The second-order valence-corrected chi connectivity index (χ2v) is 2.24. The van der Waals surface area contributed by atoms with E-state index in [1.165, 1.54) is 0 Å². The van der Waals surface area contributed by atoms with Crippen molar-refractivity contribution in [1.29, 1.82) is 0 Å². The Morgan fingerprint density at radius 2 is 2.18 bits per heavy atom. The van der Waals surface area contributed by atoms with Gasteiger partial charge in [-0.2, -0.15) is 0 Å². The number of amides is 1. The summed E-state index contributed by atoms with van der Waals surface area (Å²) in [5, 5.41) is 5.27. The molecule has 1 amide bonds. The van der Waals surface area contributed by atoms with E-state index in [0.29, 0.717) is 12.8 Å². The van der Waals surface area contributed by atoms with Gasteiger partial charge in [-0.1, -0.05) is 0 Å². The van der Waals surface area contributed by atoms with Gasteiger partial charge in [-0.15, -0.1) is 0 Å². The van der Waals surface area contributed by atoms with E-state index < -0.39 is 0 Å². The van der Waals surface area contributed by atoms with Crippen molar-refractivity contribution in [2.75, 3.05) is 14.1 Å². The maximum atomic E-state index is 10.7. The minimum atomic E-state index is -0.202. The van der Waals surface area contributed by atoms with Crippen LogP contribution in [-0.2, 0) is 9.59 Å². The minimum absolute atomic E-state index is 0.0351. The first-order valence-corrected chi connectivity index (χ1v) is 3.57. The molecule has 0 fully saturated rings. The van der Waals surface area contributed by atoms with Gasteiger partial charge in [-0.05, 0) is 13.5 Å². The van der Waals surface area contributed by atoms with Crippen molar-refractivity contribution in [3.8, 4) is 0 Å². The molecule has 0 aromatic carbocycles. The summed E-state index contributed by atoms with van der Waals surface area (Å²) in [6, 6.07) is -0.202. The summed E-state index contributed by atoms with van der Waals surface area (Å²) >= 11 is 0. The van der Waals surface area contributed by atoms with Crippen molar-refractivity contribution in [3.05, 3.63) is 0 Å². The van der Waals surface area contributed by atoms with Crippen LogP contribution in [0.1, 0.15) is 12.8 Å². The van der Waals surface area contributed by atoms with Crippen LogP contribution in [0.25, 0.3) is 0 Å². The minimum Gasteiger partial charge on any atom is -0.359 e. The van der Waals surface area contributed by atoms with Crippen LogP contribution in [0.3, 0.4) is 0 Å². The smallest absolute Gasteiger partial charge is 0.219 e. The van der Waals surface area contributed by atoms with Crippen molar-refractivity contribution in [2.45, 2.75) is 18.9 Å². The zero-order valence-corrected chi connectivity index (χ0v) is 6.89. The fourth-order valence-electron chi connectivity index (χ4n) is 0.692. The highest BCUT2D eigenvalue weighted by Gasteiger charge is 2.05. The lowest BCUT2D eigenvalue weighted by Gasteiger charge is -2.06. The Morgan fingerprint density at radius 1 is 1.55 bits per heavy atom. The van der Waals surface area contributed by atoms with E-state index in [0.717, 1.165) is 6.29 Å². The number of nitrogens with one attached hydrogen (secondary N) is 2. The highest BCUT2D eigenvalue weighted by atomic mass is 16.1. The Hall–Kier alpha value is -0.900. The standard InChI is InChI=1S/C7H14N2O2/c1-8-6(5-10)3-4-7(11)9-2/h5-6,8H,3-4H2,1-2H3,(H,9,11). The second kappa shape index (κ2) is 5.85. The Kier molecular flexibility index (Phi) is 5.37. The predicted molar refractivity (Wildman–Crippen MR) is 42.2 cm³/mol. The number of likely N-dealkylation sites (N-methyl/N-ethyl adjacent to an activating group) is 1. The van der Waals surface area contributed by atoms with Crippen molar-refractivity contribution in [2.24, 2.45) is 0 Å². The average Bonchev–Trinajstić information content (AvgIpc) is 2.06. The van der Waals surface area contributed by atoms with Crippen LogP contribution in [0.2, 0.25) is 0 Å². The molecule has 1 atom stereocenters. The van der Waals surface area contributed by atoms with Gasteiger partial charge < -0.3 is 15.4 Å². The molecule has 0 rings (SSSR count). The van der Waals surface area contributed by atoms with Gasteiger partial charge >= 0.3 is 0 Å². The quantitative estimate of drug-likeness (QED) is 0.520. The zero-order chi connectivity index (χ0) is 8.69. The van der Waals surface area contributed by atoms with E-state index in [1.54, 1.807) is 14.1 Å². The van der Waals surface area contributed by atoms with Crippen LogP contribution >= 0.6 is 0 Å². The van der Waals surface area contributed by atoms with Gasteiger partial charge in [0.25, 0.3) is 0 Å². The molecule has 0 saturated carbocycles. The van der Waals surface area contributed by atoms with Crippen molar-refractivity contribution >= 4 is 12.2 Å².